The van der Waals surface area contributed by atoms with Crippen molar-refractivity contribution in [3.63, 3.8) is 0 Å². The third-order valence-corrected chi connectivity index (χ3v) is 2.65. The highest BCUT2D eigenvalue weighted by Crippen LogP contribution is 2.25. The van der Waals surface area contributed by atoms with Crippen LogP contribution < -0.4 is 0 Å². The highest BCUT2D eigenvalue weighted by molar-refractivity contribution is 5.90. The molecule has 0 aliphatic carbocycles. The van der Waals surface area contributed by atoms with Gasteiger partial charge >= 0.3 is 5.97 Å². The molecule has 110 valence electrons. The van der Waals surface area contributed by atoms with E-state index in [-0.39, 0.29) is 23.7 Å². The van der Waals surface area contributed by atoms with Gasteiger partial charge in [0.15, 0.2) is 5.82 Å². The molecule has 0 amide bonds. The Labute approximate surface area is 119 Å². The maximum absolute atomic E-state index is 13.0. The number of nitrogens with zero attached hydrogens (tertiary/aromatic N) is 2. The second-order valence-electron chi connectivity index (χ2n) is 4.06. The highest BCUT2D eigenvalue weighted by Gasteiger charge is 2.22. The molecule has 0 radical (unpaired) electrons. The Morgan fingerprint density at radius 1 is 1.33 bits per heavy atom. The molecule has 0 spiro atoms. The second-order valence-corrected chi connectivity index (χ2v) is 4.06. The molecule has 1 aromatic heterocycles. The van der Waals surface area contributed by atoms with Gasteiger partial charge in [0.2, 0.25) is 0 Å². The first kappa shape index (κ1) is 14.8. The number of halogens is 2. The maximum atomic E-state index is 13.0. The number of benzene rings is 1. The van der Waals surface area contributed by atoms with Crippen molar-refractivity contribution in [3.8, 4) is 17.1 Å². The molecular weight excluding hydrogens is 282 g/mol. The molecular formula is C14H12F2N2O3. The number of esters is 1. The van der Waals surface area contributed by atoms with E-state index in [1.807, 2.05) is 0 Å². The fourth-order valence-electron chi connectivity index (χ4n) is 1.68. The summed E-state index contributed by atoms with van der Waals surface area (Å²) in [5, 5.41) is 9.20. The van der Waals surface area contributed by atoms with Gasteiger partial charge in [-0.1, -0.05) is 0 Å². The van der Waals surface area contributed by atoms with E-state index in [0.717, 1.165) is 6.20 Å². The summed E-state index contributed by atoms with van der Waals surface area (Å²) in [5.74, 6) is -0.806. The summed E-state index contributed by atoms with van der Waals surface area (Å²) in [5.41, 5.74) is -0.578. The van der Waals surface area contributed by atoms with Crippen molar-refractivity contribution < 1.29 is 23.4 Å². The molecule has 1 N–H and O–H groups in total. The zero-order valence-corrected chi connectivity index (χ0v) is 11.1. The molecule has 0 aliphatic rings. The number of carbonyl (C=O) groups excluding carboxylic acids is 1. The minimum atomic E-state index is -2.93. The minimum absolute atomic E-state index is 0.0379. The Kier molecular flexibility index (Phi) is 4.42. The van der Waals surface area contributed by atoms with Crippen molar-refractivity contribution in [1.29, 1.82) is 0 Å². The van der Waals surface area contributed by atoms with E-state index in [4.69, 9.17) is 4.74 Å². The monoisotopic (exact) mass is 294 g/mol. The van der Waals surface area contributed by atoms with Gasteiger partial charge in [0.05, 0.1) is 6.61 Å². The van der Waals surface area contributed by atoms with Crippen molar-refractivity contribution in [1.82, 2.24) is 9.97 Å². The molecule has 0 bridgehead atoms. The largest absolute Gasteiger partial charge is 0.508 e. The van der Waals surface area contributed by atoms with Crippen molar-refractivity contribution in [3.05, 3.63) is 41.7 Å². The Hall–Kier alpha value is -2.57. The van der Waals surface area contributed by atoms with Gasteiger partial charge in [-0.05, 0) is 31.2 Å². The van der Waals surface area contributed by atoms with Gasteiger partial charge in [0, 0.05) is 11.8 Å². The zero-order valence-electron chi connectivity index (χ0n) is 11.1. The number of alkyl halides is 2. The Bertz CT molecular complexity index is 645. The average molecular weight is 294 g/mol. The second kappa shape index (κ2) is 6.25. The van der Waals surface area contributed by atoms with Crippen LogP contribution in [0.15, 0.2) is 30.5 Å². The van der Waals surface area contributed by atoms with Crippen molar-refractivity contribution in [2.45, 2.75) is 13.3 Å². The quantitative estimate of drug-likeness (QED) is 0.878. The van der Waals surface area contributed by atoms with Crippen LogP contribution in [0.25, 0.3) is 11.4 Å². The summed E-state index contributed by atoms with van der Waals surface area (Å²) in [6.07, 6.45) is -1.91. The molecule has 7 heteroatoms. The van der Waals surface area contributed by atoms with Crippen LogP contribution in [-0.4, -0.2) is 27.7 Å². The van der Waals surface area contributed by atoms with E-state index in [9.17, 15) is 18.7 Å². The normalized spacial score (nSPS) is 10.7. The molecule has 0 aliphatic heterocycles. The lowest BCUT2D eigenvalue weighted by Gasteiger charge is -2.09. The van der Waals surface area contributed by atoms with Gasteiger partial charge in [-0.2, -0.15) is 0 Å². The minimum Gasteiger partial charge on any atom is -0.508 e. The third-order valence-electron chi connectivity index (χ3n) is 2.65. The first-order chi connectivity index (χ1) is 10.0. The lowest BCUT2D eigenvalue weighted by atomic mass is 10.1. The number of rotatable bonds is 4. The number of hydrogen-bond acceptors (Lipinski definition) is 5. The Morgan fingerprint density at radius 3 is 2.57 bits per heavy atom. The molecule has 2 aromatic rings. The van der Waals surface area contributed by atoms with Crippen LogP contribution in [-0.2, 0) is 4.74 Å². The summed E-state index contributed by atoms with van der Waals surface area (Å²) in [4.78, 5) is 19.2. The van der Waals surface area contributed by atoms with E-state index >= 15 is 0 Å². The van der Waals surface area contributed by atoms with Gasteiger partial charge in [-0.3, -0.25) is 0 Å². The molecule has 0 saturated heterocycles. The first-order valence-corrected chi connectivity index (χ1v) is 6.14. The van der Waals surface area contributed by atoms with Crippen LogP contribution in [0, 0.1) is 0 Å². The lowest BCUT2D eigenvalue weighted by Crippen LogP contribution is -2.11. The van der Waals surface area contributed by atoms with Gasteiger partial charge < -0.3 is 9.84 Å². The molecule has 5 nitrogen and oxygen atoms in total. The predicted molar refractivity (Wildman–Crippen MR) is 70.0 cm³/mol. The number of hydrogen-bond donors (Lipinski definition) is 1. The summed E-state index contributed by atoms with van der Waals surface area (Å²) >= 11 is 0. The van der Waals surface area contributed by atoms with E-state index in [1.165, 1.54) is 24.3 Å². The molecule has 1 aromatic carbocycles. The molecule has 0 fully saturated rings. The molecule has 21 heavy (non-hydrogen) atoms. The number of aromatic nitrogens is 2. The van der Waals surface area contributed by atoms with Crippen molar-refractivity contribution in [2.75, 3.05) is 6.61 Å². The first-order valence-electron chi connectivity index (χ1n) is 6.14. The van der Waals surface area contributed by atoms with Gasteiger partial charge in [0.25, 0.3) is 6.43 Å². The van der Waals surface area contributed by atoms with Crippen molar-refractivity contribution >= 4 is 5.97 Å². The highest BCUT2D eigenvalue weighted by atomic mass is 19.3. The number of carbonyl (C=O) groups is 1. The fourth-order valence-corrected chi connectivity index (χ4v) is 1.68. The van der Waals surface area contributed by atoms with E-state index in [1.54, 1.807) is 6.92 Å². The van der Waals surface area contributed by atoms with E-state index < -0.39 is 18.1 Å². The average Bonchev–Trinajstić information content (AvgIpc) is 2.47. The van der Waals surface area contributed by atoms with Gasteiger partial charge in [-0.25, -0.2) is 23.5 Å². The molecule has 0 saturated carbocycles. The molecule has 1 heterocycles. The third kappa shape index (κ3) is 3.31. The number of aromatic hydroxyl groups is 1. The Morgan fingerprint density at radius 2 is 2.00 bits per heavy atom. The van der Waals surface area contributed by atoms with Crippen molar-refractivity contribution in [2.24, 2.45) is 0 Å². The van der Waals surface area contributed by atoms with E-state index in [2.05, 4.69) is 9.97 Å². The van der Waals surface area contributed by atoms with Gasteiger partial charge in [-0.15, -0.1) is 0 Å². The van der Waals surface area contributed by atoms with E-state index in [0.29, 0.717) is 5.56 Å². The summed E-state index contributed by atoms with van der Waals surface area (Å²) in [7, 11) is 0. The zero-order chi connectivity index (χ0) is 15.4. The maximum Gasteiger partial charge on any atom is 0.341 e. The molecule has 0 unspecified atom stereocenters. The van der Waals surface area contributed by atoms with Crippen LogP contribution in [0.5, 0.6) is 5.75 Å². The van der Waals surface area contributed by atoms with Crippen LogP contribution in [0.1, 0.15) is 29.4 Å². The van der Waals surface area contributed by atoms with Crippen LogP contribution in [0.3, 0.4) is 0 Å². The van der Waals surface area contributed by atoms with Gasteiger partial charge in [0.1, 0.15) is 17.0 Å². The molecule has 2 rings (SSSR count). The van der Waals surface area contributed by atoms with Crippen LogP contribution in [0.2, 0.25) is 0 Å². The lowest BCUT2D eigenvalue weighted by molar-refractivity contribution is 0.0513. The number of phenols is 1. The number of ether oxygens (including phenoxy) is 1. The van der Waals surface area contributed by atoms with Crippen LogP contribution in [0.4, 0.5) is 8.78 Å². The standard InChI is InChI=1S/C14H12F2N2O3/c1-2-21-14(20)10-7-17-13(18-11(10)12(15)16)8-3-5-9(19)6-4-8/h3-7,12,19H,2H2,1H3. The SMILES string of the molecule is CCOC(=O)c1cnc(-c2ccc(O)cc2)nc1C(F)F. The Balaban J connectivity index is 2.45. The molecule has 0 atom stereocenters. The number of phenolic OH excluding ortho intramolecular Hbond substituents is 1. The summed E-state index contributed by atoms with van der Waals surface area (Å²) < 4.78 is 30.8. The fraction of sp³-hybridized carbons (Fsp3) is 0.214. The summed E-state index contributed by atoms with van der Waals surface area (Å²) in [6, 6.07) is 5.76. The van der Waals surface area contributed by atoms with Crippen LogP contribution >= 0.6 is 0 Å². The summed E-state index contributed by atoms with van der Waals surface area (Å²) in [6.45, 7) is 1.65. The topological polar surface area (TPSA) is 72.3 Å². The predicted octanol–water partition coefficient (Wildman–Crippen LogP) is 2.96. The smallest absolute Gasteiger partial charge is 0.341 e.